The molecular weight excluding hydrogens is 248 g/mol. The lowest BCUT2D eigenvalue weighted by Gasteiger charge is -2.40. The molecule has 0 bridgehead atoms. The SMILES string of the molecule is CNc1cncc(C(=O)NCC2(SC)CCC2)n1. The Morgan fingerprint density at radius 2 is 2.28 bits per heavy atom. The van der Waals surface area contributed by atoms with E-state index in [4.69, 9.17) is 0 Å². The molecule has 0 atom stereocenters. The van der Waals surface area contributed by atoms with Crippen LogP contribution >= 0.6 is 11.8 Å². The predicted molar refractivity (Wildman–Crippen MR) is 74.0 cm³/mol. The van der Waals surface area contributed by atoms with Crippen LogP contribution in [0.4, 0.5) is 5.82 Å². The van der Waals surface area contributed by atoms with Crippen LogP contribution in [0, 0.1) is 0 Å². The van der Waals surface area contributed by atoms with Gasteiger partial charge in [-0.2, -0.15) is 11.8 Å². The molecule has 18 heavy (non-hydrogen) atoms. The second-order valence-corrected chi connectivity index (χ2v) is 5.74. The van der Waals surface area contributed by atoms with Crippen molar-refractivity contribution in [2.24, 2.45) is 0 Å². The van der Waals surface area contributed by atoms with E-state index in [1.54, 1.807) is 13.2 Å². The largest absolute Gasteiger partial charge is 0.372 e. The van der Waals surface area contributed by atoms with Gasteiger partial charge in [-0.1, -0.05) is 6.42 Å². The van der Waals surface area contributed by atoms with Crippen molar-refractivity contribution in [2.45, 2.75) is 24.0 Å². The molecule has 0 spiro atoms. The normalized spacial score (nSPS) is 16.8. The summed E-state index contributed by atoms with van der Waals surface area (Å²) in [6.45, 7) is 0.707. The van der Waals surface area contributed by atoms with Gasteiger partial charge in [-0.25, -0.2) is 4.98 Å². The molecule has 1 aromatic rings. The smallest absolute Gasteiger partial charge is 0.271 e. The number of rotatable bonds is 5. The summed E-state index contributed by atoms with van der Waals surface area (Å²) in [7, 11) is 1.75. The van der Waals surface area contributed by atoms with Crippen LogP contribution in [-0.2, 0) is 0 Å². The molecule has 1 aliphatic rings. The zero-order valence-corrected chi connectivity index (χ0v) is 11.5. The molecule has 1 amide bonds. The molecule has 1 fully saturated rings. The Kier molecular flexibility index (Phi) is 4.06. The lowest BCUT2D eigenvalue weighted by molar-refractivity contribution is 0.0938. The molecule has 2 N–H and O–H groups in total. The molecule has 1 saturated carbocycles. The van der Waals surface area contributed by atoms with Gasteiger partial charge in [0.2, 0.25) is 0 Å². The molecular formula is C12H18N4OS. The number of anilines is 1. The summed E-state index contributed by atoms with van der Waals surface area (Å²) in [4.78, 5) is 20.1. The van der Waals surface area contributed by atoms with Crippen LogP contribution in [0.5, 0.6) is 0 Å². The van der Waals surface area contributed by atoms with Crippen molar-refractivity contribution in [3.8, 4) is 0 Å². The minimum absolute atomic E-state index is 0.153. The van der Waals surface area contributed by atoms with E-state index in [0.29, 0.717) is 18.1 Å². The number of amides is 1. The number of thioether (sulfide) groups is 1. The summed E-state index contributed by atoms with van der Waals surface area (Å²) in [6.07, 6.45) is 8.79. The van der Waals surface area contributed by atoms with Gasteiger partial charge in [0.05, 0.1) is 12.4 Å². The number of hydrogen-bond acceptors (Lipinski definition) is 5. The van der Waals surface area contributed by atoms with Gasteiger partial charge in [0.25, 0.3) is 5.91 Å². The van der Waals surface area contributed by atoms with Crippen molar-refractivity contribution in [3.63, 3.8) is 0 Å². The Hall–Kier alpha value is -1.30. The first kappa shape index (κ1) is 13.1. The van der Waals surface area contributed by atoms with Gasteiger partial charge < -0.3 is 10.6 Å². The van der Waals surface area contributed by atoms with Gasteiger partial charge in [0.1, 0.15) is 11.5 Å². The Bertz CT molecular complexity index is 428. The van der Waals surface area contributed by atoms with E-state index in [1.165, 1.54) is 25.5 Å². The van der Waals surface area contributed by atoms with Crippen LogP contribution in [0.15, 0.2) is 12.4 Å². The average Bonchev–Trinajstić information content (AvgIpc) is 2.38. The van der Waals surface area contributed by atoms with E-state index in [1.807, 2.05) is 11.8 Å². The number of carbonyl (C=O) groups is 1. The highest BCUT2D eigenvalue weighted by Crippen LogP contribution is 2.42. The van der Waals surface area contributed by atoms with E-state index in [-0.39, 0.29) is 10.7 Å². The minimum atomic E-state index is -0.153. The highest BCUT2D eigenvalue weighted by molar-refractivity contribution is 8.00. The standard InChI is InChI=1S/C12H18N4OS/c1-13-10-7-14-6-9(16-10)11(17)15-8-12(18-2)4-3-5-12/h6-7H,3-5,8H2,1-2H3,(H,13,16)(H,15,17). The van der Waals surface area contributed by atoms with Crippen molar-refractivity contribution in [1.29, 1.82) is 0 Å². The zero-order valence-electron chi connectivity index (χ0n) is 10.7. The first-order chi connectivity index (χ1) is 8.69. The monoisotopic (exact) mass is 266 g/mol. The van der Waals surface area contributed by atoms with E-state index in [9.17, 15) is 4.79 Å². The number of hydrogen-bond donors (Lipinski definition) is 2. The molecule has 5 nitrogen and oxygen atoms in total. The average molecular weight is 266 g/mol. The maximum Gasteiger partial charge on any atom is 0.271 e. The van der Waals surface area contributed by atoms with Crippen LogP contribution < -0.4 is 10.6 Å². The maximum absolute atomic E-state index is 12.0. The fraction of sp³-hybridized carbons (Fsp3) is 0.583. The van der Waals surface area contributed by atoms with Gasteiger partial charge in [0, 0.05) is 18.3 Å². The third-order valence-electron chi connectivity index (χ3n) is 3.39. The third kappa shape index (κ3) is 2.75. The van der Waals surface area contributed by atoms with Crippen LogP contribution in [-0.4, -0.2) is 40.5 Å². The number of aromatic nitrogens is 2. The van der Waals surface area contributed by atoms with Crippen LogP contribution in [0.25, 0.3) is 0 Å². The van der Waals surface area contributed by atoms with Gasteiger partial charge in [0.15, 0.2) is 0 Å². The van der Waals surface area contributed by atoms with Gasteiger partial charge in [-0.05, 0) is 19.1 Å². The van der Waals surface area contributed by atoms with Crippen molar-refractivity contribution in [1.82, 2.24) is 15.3 Å². The first-order valence-corrected chi connectivity index (χ1v) is 7.25. The quantitative estimate of drug-likeness (QED) is 0.846. The molecule has 98 valence electrons. The number of carbonyl (C=O) groups excluding carboxylic acids is 1. The second kappa shape index (κ2) is 5.56. The van der Waals surface area contributed by atoms with E-state index < -0.39 is 0 Å². The number of nitrogens with zero attached hydrogens (tertiary/aromatic N) is 2. The fourth-order valence-corrected chi connectivity index (χ4v) is 2.87. The van der Waals surface area contributed by atoms with E-state index in [2.05, 4.69) is 26.9 Å². The Labute approximate surface area is 111 Å². The maximum atomic E-state index is 12.0. The summed E-state index contributed by atoms with van der Waals surface area (Å²) in [6, 6.07) is 0. The van der Waals surface area contributed by atoms with Crippen LogP contribution in [0.3, 0.4) is 0 Å². The van der Waals surface area contributed by atoms with Crippen molar-refractivity contribution >= 4 is 23.5 Å². The molecule has 1 aromatic heterocycles. The summed E-state index contributed by atoms with van der Waals surface area (Å²) in [5, 5.41) is 5.82. The molecule has 0 unspecified atom stereocenters. The Morgan fingerprint density at radius 3 is 2.83 bits per heavy atom. The lowest BCUT2D eigenvalue weighted by Crippen LogP contribution is -2.45. The molecule has 0 aliphatic heterocycles. The van der Waals surface area contributed by atoms with E-state index >= 15 is 0 Å². The Balaban J connectivity index is 1.95. The van der Waals surface area contributed by atoms with Crippen LogP contribution in [0.2, 0.25) is 0 Å². The predicted octanol–water partition coefficient (Wildman–Crippen LogP) is 1.53. The molecule has 1 heterocycles. The third-order valence-corrected chi connectivity index (χ3v) is 4.81. The van der Waals surface area contributed by atoms with Crippen molar-refractivity contribution < 1.29 is 4.79 Å². The van der Waals surface area contributed by atoms with Crippen LogP contribution in [0.1, 0.15) is 29.8 Å². The minimum Gasteiger partial charge on any atom is -0.372 e. The summed E-state index contributed by atoms with van der Waals surface area (Å²) >= 11 is 1.84. The molecule has 2 rings (SSSR count). The zero-order chi connectivity index (χ0) is 13.0. The van der Waals surface area contributed by atoms with Crippen molar-refractivity contribution in [2.75, 3.05) is 25.2 Å². The van der Waals surface area contributed by atoms with Gasteiger partial charge in [-0.15, -0.1) is 0 Å². The van der Waals surface area contributed by atoms with Gasteiger partial charge in [-0.3, -0.25) is 9.78 Å². The van der Waals surface area contributed by atoms with Crippen molar-refractivity contribution in [3.05, 3.63) is 18.1 Å². The second-order valence-electron chi connectivity index (χ2n) is 4.46. The summed E-state index contributed by atoms with van der Waals surface area (Å²) in [5.74, 6) is 0.450. The first-order valence-electron chi connectivity index (χ1n) is 6.02. The lowest BCUT2D eigenvalue weighted by atomic mass is 9.84. The van der Waals surface area contributed by atoms with Gasteiger partial charge >= 0.3 is 0 Å². The molecule has 6 heteroatoms. The highest BCUT2D eigenvalue weighted by Gasteiger charge is 2.36. The fourth-order valence-electron chi connectivity index (χ4n) is 1.95. The molecule has 0 saturated heterocycles. The molecule has 0 aromatic carbocycles. The Morgan fingerprint density at radius 1 is 1.50 bits per heavy atom. The molecule has 0 radical (unpaired) electrons. The summed E-state index contributed by atoms with van der Waals surface area (Å²) < 4.78 is 0.240. The highest BCUT2D eigenvalue weighted by atomic mass is 32.2. The topological polar surface area (TPSA) is 66.9 Å². The van der Waals surface area contributed by atoms with E-state index in [0.717, 1.165) is 0 Å². The number of nitrogens with one attached hydrogen (secondary N) is 2. The molecule has 1 aliphatic carbocycles. The summed E-state index contributed by atoms with van der Waals surface area (Å²) in [5.41, 5.74) is 0.359.